The molecule has 0 saturated heterocycles. The number of hydrogen-bond acceptors (Lipinski definition) is 8. The quantitative estimate of drug-likeness (QED) is 0.154. The minimum atomic E-state index is -0.389. The number of rotatable bonds is 10. The molecule has 0 bridgehead atoms. The fourth-order valence-electron chi connectivity index (χ4n) is 2.44. The smallest absolute Gasteiger partial charge is 0.330 e. The highest BCUT2D eigenvalue weighted by molar-refractivity contribution is 8.05. The highest BCUT2D eigenvalue weighted by Crippen LogP contribution is 2.50. The predicted octanol–water partition coefficient (Wildman–Crippen LogP) is 5.95. The molecule has 3 rings (SSSR count). The minimum absolute atomic E-state index is 0.366. The second-order valence-electron chi connectivity index (χ2n) is 5.86. The van der Waals surface area contributed by atoms with Crippen LogP contribution in [0.1, 0.15) is 0 Å². The van der Waals surface area contributed by atoms with E-state index in [1.54, 1.807) is 47.0 Å². The van der Waals surface area contributed by atoms with E-state index in [1.165, 1.54) is 31.7 Å². The molecule has 0 N–H and O–H groups in total. The third-order valence-electron chi connectivity index (χ3n) is 3.80. The highest BCUT2D eigenvalue weighted by atomic mass is 32.2. The van der Waals surface area contributed by atoms with Gasteiger partial charge in [-0.2, -0.15) is 0 Å². The van der Waals surface area contributed by atoms with Crippen molar-refractivity contribution in [2.24, 2.45) is 0 Å². The zero-order valence-corrected chi connectivity index (χ0v) is 19.4. The first-order valence-electron chi connectivity index (χ1n) is 9.07. The fraction of sp³-hybridized carbons (Fsp3) is 0.182. The Labute approximate surface area is 193 Å². The molecule has 2 aromatic rings. The van der Waals surface area contributed by atoms with Gasteiger partial charge in [0, 0.05) is 53.0 Å². The van der Waals surface area contributed by atoms with E-state index in [4.69, 9.17) is 9.47 Å². The molecule has 4 nitrogen and oxygen atoms in total. The number of hydrogen-bond donors (Lipinski definition) is 0. The maximum absolute atomic E-state index is 11.1. The average Bonchev–Trinajstić information content (AvgIpc) is 2.77. The molecule has 8 heteroatoms. The van der Waals surface area contributed by atoms with Crippen molar-refractivity contribution in [3.8, 4) is 0 Å². The monoisotopic (exact) mass is 476 g/mol. The van der Waals surface area contributed by atoms with Crippen LogP contribution in [-0.2, 0) is 19.1 Å². The summed E-state index contributed by atoms with van der Waals surface area (Å²) in [6.07, 6.45) is 2.35. The van der Waals surface area contributed by atoms with Gasteiger partial charge in [-0.25, -0.2) is 9.59 Å². The molecular formula is C22H20O4S4. The van der Waals surface area contributed by atoms with E-state index >= 15 is 0 Å². The van der Waals surface area contributed by atoms with Crippen LogP contribution in [-0.4, -0.2) is 36.7 Å². The zero-order chi connectivity index (χ0) is 21.3. The van der Waals surface area contributed by atoms with Crippen LogP contribution in [0.5, 0.6) is 0 Å². The lowest BCUT2D eigenvalue weighted by molar-refractivity contribution is -0.138. The zero-order valence-electron chi connectivity index (χ0n) is 16.1. The van der Waals surface area contributed by atoms with Crippen LogP contribution >= 0.6 is 47.0 Å². The molecule has 0 aromatic heterocycles. The highest BCUT2D eigenvalue weighted by Gasteiger charge is 2.18. The van der Waals surface area contributed by atoms with Gasteiger partial charge in [-0.05, 0) is 36.4 Å². The van der Waals surface area contributed by atoms with Crippen LogP contribution in [0.25, 0.3) is 0 Å². The van der Waals surface area contributed by atoms with Gasteiger partial charge in [0.2, 0.25) is 0 Å². The Morgan fingerprint density at radius 2 is 1.20 bits per heavy atom. The lowest BCUT2D eigenvalue weighted by Crippen LogP contribution is -2.03. The number of benzene rings is 2. The summed E-state index contributed by atoms with van der Waals surface area (Å²) in [5.41, 5.74) is 0. The molecule has 0 aliphatic carbocycles. The third-order valence-corrected chi connectivity index (χ3v) is 8.24. The van der Waals surface area contributed by atoms with Gasteiger partial charge in [0.05, 0.1) is 0 Å². The largest absolute Gasteiger partial charge is 0.462 e. The van der Waals surface area contributed by atoms with E-state index in [-0.39, 0.29) is 11.9 Å². The normalized spacial score (nSPS) is 11.7. The molecule has 1 heterocycles. The first-order valence-corrected chi connectivity index (χ1v) is 12.7. The van der Waals surface area contributed by atoms with Crippen molar-refractivity contribution >= 4 is 59.0 Å². The van der Waals surface area contributed by atoms with Gasteiger partial charge in [0.1, 0.15) is 13.2 Å². The van der Waals surface area contributed by atoms with Crippen LogP contribution in [0.4, 0.5) is 0 Å². The summed E-state index contributed by atoms with van der Waals surface area (Å²) in [5.74, 6) is 0.630. The topological polar surface area (TPSA) is 52.6 Å². The Hall–Kier alpha value is -1.74. The Morgan fingerprint density at radius 1 is 0.767 bits per heavy atom. The van der Waals surface area contributed by atoms with Crippen molar-refractivity contribution in [3.05, 3.63) is 61.7 Å². The summed E-state index contributed by atoms with van der Waals surface area (Å²) < 4.78 is 10.0. The number of esters is 2. The molecule has 0 atom stereocenters. The maximum atomic E-state index is 11.1. The molecule has 0 saturated carbocycles. The van der Waals surface area contributed by atoms with E-state index in [1.807, 2.05) is 0 Å². The molecule has 30 heavy (non-hydrogen) atoms. The molecule has 0 fully saturated rings. The standard InChI is InChI=1S/C22H20O4S4/c1-3-21(23)25-9-11-27-15-5-7-17-19(13-15)29-18-8-6-16(14-20(18)30-17)28-12-10-26-22(24)4-2/h3-8,13-14H,1-2,9-12H2. The Kier molecular flexibility index (Phi) is 8.87. The van der Waals surface area contributed by atoms with Gasteiger partial charge in [-0.3, -0.25) is 0 Å². The van der Waals surface area contributed by atoms with Crippen LogP contribution in [0.2, 0.25) is 0 Å². The summed E-state index contributed by atoms with van der Waals surface area (Å²) in [6.45, 7) is 7.51. The van der Waals surface area contributed by atoms with Gasteiger partial charge in [0.15, 0.2) is 0 Å². The van der Waals surface area contributed by atoms with Crippen molar-refractivity contribution in [1.82, 2.24) is 0 Å². The van der Waals surface area contributed by atoms with E-state index in [0.717, 1.165) is 9.79 Å². The van der Waals surface area contributed by atoms with Crippen molar-refractivity contribution in [3.63, 3.8) is 0 Å². The number of fused-ring (bicyclic) bond motifs is 2. The van der Waals surface area contributed by atoms with Crippen molar-refractivity contribution < 1.29 is 19.1 Å². The number of carbonyl (C=O) groups excluding carboxylic acids is 2. The number of carbonyl (C=O) groups is 2. The maximum Gasteiger partial charge on any atom is 0.330 e. The van der Waals surface area contributed by atoms with Crippen LogP contribution in [0.15, 0.2) is 91.1 Å². The van der Waals surface area contributed by atoms with E-state index in [2.05, 4.69) is 49.6 Å². The van der Waals surface area contributed by atoms with Crippen LogP contribution in [0, 0.1) is 0 Å². The summed E-state index contributed by atoms with van der Waals surface area (Å²) in [6, 6.07) is 12.9. The molecule has 0 spiro atoms. The Balaban J connectivity index is 1.55. The Bertz CT molecular complexity index is 881. The van der Waals surface area contributed by atoms with Crippen molar-refractivity contribution in [2.45, 2.75) is 29.4 Å². The second kappa shape index (κ2) is 11.6. The summed E-state index contributed by atoms with van der Waals surface area (Å²) in [5, 5.41) is 0. The van der Waals surface area contributed by atoms with E-state index in [9.17, 15) is 9.59 Å². The Morgan fingerprint density at radius 3 is 1.60 bits per heavy atom. The average molecular weight is 477 g/mol. The molecule has 0 unspecified atom stereocenters. The van der Waals surface area contributed by atoms with E-state index in [0.29, 0.717) is 24.7 Å². The van der Waals surface area contributed by atoms with E-state index < -0.39 is 0 Å². The van der Waals surface area contributed by atoms with Crippen LogP contribution < -0.4 is 0 Å². The first kappa shape index (κ1) is 22.9. The molecular weight excluding hydrogens is 457 g/mol. The van der Waals surface area contributed by atoms with Crippen LogP contribution in [0.3, 0.4) is 0 Å². The summed E-state index contributed by atoms with van der Waals surface area (Å²) in [7, 11) is 0. The lowest BCUT2D eigenvalue weighted by atomic mass is 10.3. The second-order valence-corrected chi connectivity index (χ2v) is 10.4. The molecule has 0 amide bonds. The number of thioether (sulfide) groups is 2. The van der Waals surface area contributed by atoms with Gasteiger partial charge in [-0.15, -0.1) is 23.5 Å². The van der Waals surface area contributed by atoms with Gasteiger partial charge < -0.3 is 9.47 Å². The lowest BCUT2D eigenvalue weighted by Gasteiger charge is -2.19. The molecule has 1 aliphatic heterocycles. The molecule has 2 aromatic carbocycles. The third kappa shape index (κ3) is 6.63. The van der Waals surface area contributed by atoms with Crippen molar-refractivity contribution in [1.29, 1.82) is 0 Å². The minimum Gasteiger partial charge on any atom is -0.462 e. The fourth-order valence-corrected chi connectivity index (χ4v) is 6.40. The molecule has 156 valence electrons. The molecule has 0 radical (unpaired) electrons. The number of ether oxygens (including phenoxy) is 2. The predicted molar refractivity (Wildman–Crippen MR) is 125 cm³/mol. The summed E-state index contributed by atoms with van der Waals surface area (Å²) >= 11 is 6.86. The van der Waals surface area contributed by atoms with Gasteiger partial charge in [0.25, 0.3) is 0 Å². The summed E-state index contributed by atoms with van der Waals surface area (Å²) in [4.78, 5) is 29.4. The van der Waals surface area contributed by atoms with Gasteiger partial charge in [-0.1, -0.05) is 36.7 Å². The first-order chi connectivity index (χ1) is 14.6. The SMILES string of the molecule is C=CC(=O)OCCSc1ccc2c(c1)Sc1ccc(SCCOC(=O)C=C)cc1S2. The van der Waals surface area contributed by atoms with Gasteiger partial charge >= 0.3 is 11.9 Å². The van der Waals surface area contributed by atoms with Crippen molar-refractivity contribution in [2.75, 3.05) is 24.7 Å². The molecule has 1 aliphatic rings.